The topological polar surface area (TPSA) is 73.5 Å². The monoisotopic (exact) mass is 545 g/mol. The molecule has 1 aliphatic heterocycles. The highest BCUT2D eigenvalue weighted by Crippen LogP contribution is 2.34. The largest absolute Gasteiger partial charge is 0.379 e. The lowest BCUT2D eigenvalue weighted by Gasteiger charge is -2.48. The van der Waals surface area contributed by atoms with E-state index in [9.17, 15) is 4.79 Å². The Balaban J connectivity index is 1.31. The molecule has 1 saturated heterocycles. The third kappa shape index (κ3) is 6.52. The minimum Gasteiger partial charge on any atom is -0.379 e. The number of rotatable bonds is 11. The van der Waals surface area contributed by atoms with E-state index in [-0.39, 0.29) is 11.4 Å². The van der Waals surface area contributed by atoms with Crippen LogP contribution in [0.2, 0.25) is 0 Å². The number of nitrogens with one attached hydrogen (secondary N) is 2. The van der Waals surface area contributed by atoms with Crippen LogP contribution in [0.15, 0.2) is 42.5 Å². The van der Waals surface area contributed by atoms with E-state index >= 15 is 0 Å². The van der Waals surface area contributed by atoms with Gasteiger partial charge in [-0.15, -0.1) is 0 Å². The number of nitrogens with zero attached hydrogens (tertiary/aromatic N) is 3. The second-order valence-corrected chi connectivity index (χ2v) is 12.1. The molecule has 0 spiro atoms. The quantitative estimate of drug-likeness (QED) is 0.298. The molecule has 1 saturated carbocycles. The number of ether oxygens (including phenoxy) is 1. The highest BCUT2D eigenvalue weighted by atomic mass is 16.5. The summed E-state index contributed by atoms with van der Waals surface area (Å²) in [5, 5.41) is 12.1. The Morgan fingerprint density at radius 1 is 1.07 bits per heavy atom. The van der Waals surface area contributed by atoms with Gasteiger partial charge in [-0.1, -0.05) is 52.2 Å². The van der Waals surface area contributed by atoms with Crippen molar-refractivity contribution in [2.45, 2.75) is 71.3 Å². The molecular formula is C33H47N5O2. The number of anilines is 1. The molecule has 2 N–H and O–H groups in total. The fourth-order valence-corrected chi connectivity index (χ4v) is 6.46. The standard InChI is InChI=1S/C33H47N5O2/c1-4-17-37(18-14-25(2)3)28-11-8-26(9-12-28)31-29-23-27(10-13-30(29)35-36-31)32(39)34-24-33(15-6-5-7-16-33)38-19-21-40-22-20-38/h8-13,23,25H,4-7,14-22,24H2,1-3H3,(H,34,39)(H,35,36). The van der Waals surface area contributed by atoms with E-state index in [1.807, 2.05) is 18.2 Å². The molecule has 1 aliphatic carbocycles. The van der Waals surface area contributed by atoms with Crippen LogP contribution in [-0.2, 0) is 4.74 Å². The lowest BCUT2D eigenvalue weighted by atomic mass is 9.79. The van der Waals surface area contributed by atoms with Crippen LogP contribution in [0.4, 0.5) is 5.69 Å². The Morgan fingerprint density at radius 2 is 1.82 bits per heavy atom. The first-order valence-corrected chi connectivity index (χ1v) is 15.4. The normalized spacial score (nSPS) is 17.8. The molecule has 7 heteroatoms. The summed E-state index contributed by atoms with van der Waals surface area (Å²) in [7, 11) is 0. The van der Waals surface area contributed by atoms with Crippen molar-refractivity contribution in [2.75, 3.05) is 50.8 Å². The van der Waals surface area contributed by atoms with Crippen LogP contribution in [0, 0.1) is 5.92 Å². The van der Waals surface area contributed by atoms with Crippen LogP contribution in [0.5, 0.6) is 0 Å². The molecule has 2 fully saturated rings. The molecule has 2 heterocycles. The molecule has 40 heavy (non-hydrogen) atoms. The first-order chi connectivity index (χ1) is 19.5. The fraction of sp³-hybridized carbons (Fsp3) is 0.576. The Hall–Kier alpha value is -2.90. The lowest BCUT2D eigenvalue weighted by Crippen LogP contribution is -2.59. The number of carbonyl (C=O) groups excluding carboxylic acids is 1. The van der Waals surface area contributed by atoms with Gasteiger partial charge < -0.3 is 15.0 Å². The van der Waals surface area contributed by atoms with Gasteiger partial charge in [-0.3, -0.25) is 14.8 Å². The summed E-state index contributed by atoms with van der Waals surface area (Å²) in [5.74, 6) is 0.677. The van der Waals surface area contributed by atoms with Crippen LogP contribution in [0.3, 0.4) is 0 Å². The lowest BCUT2D eigenvalue weighted by molar-refractivity contribution is -0.0361. The van der Waals surface area contributed by atoms with Crippen LogP contribution >= 0.6 is 0 Å². The first-order valence-electron chi connectivity index (χ1n) is 15.4. The molecule has 2 aliphatic rings. The number of carbonyl (C=O) groups is 1. The second-order valence-electron chi connectivity index (χ2n) is 12.1. The first kappa shape index (κ1) is 28.6. The number of fused-ring (bicyclic) bond motifs is 1. The van der Waals surface area contributed by atoms with Gasteiger partial charge in [-0.25, -0.2) is 0 Å². The molecule has 7 nitrogen and oxygen atoms in total. The Labute approximate surface area is 239 Å². The summed E-state index contributed by atoms with van der Waals surface area (Å²) < 4.78 is 5.62. The third-order valence-electron chi connectivity index (χ3n) is 8.84. The predicted molar refractivity (Wildman–Crippen MR) is 164 cm³/mol. The van der Waals surface area contributed by atoms with Crippen molar-refractivity contribution in [1.82, 2.24) is 20.4 Å². The minimum absolute atomic E-state index is 0.0111. The predicted octanol–water partition coefficient (Wildman–Crippen LogP) is 6.26. The van der Waals surface area contributed by atoms with Gasteiger partial charge >= 0.3 is 0 Å². The molecule has 1 aromatic heterocycles. The number of aromatic nitrogens is 2. The van der Waals surface area contributed by atoms with Gasteiger partial charge in [0, 0.05) is 60.5 Å². The van der Waals surface area contributed by atoms with Gasteiger partial charge in [0.25, 0.3) is 5.91 Å². The Kier molecular flexibility index (Phi) is 9.43. The smallest absolute Gasteiger partial charge is 0.251 e. The van der Waals surface area contributed by atoms with E-state index in [2.05, 4.69) is 70.4 Å². The summed E-state index contributed by atoms with van der Waals surface area (Å²) in [5.41, 5.74) is 4.87. The molecule has 5 rings (SSSR count). The fourth-order valence-electron chi connectivity index (χ4n) is 6.46. The Morgan fingerprint density at radius 3 is 2.52 bits per heavy atom. The molecule has 2 aromatic carbocycles. The number of H-pyrrole nitrogens is 1. The van der Waals surface area contributed by atoms with E-state index in [1.165, 1.54) is 31.4 Å². The van der Waals surface area contributed by atoms with Gasteiger partial charge in [0.1, 0.15) is 0 Å². The maximum absolute atomic E-state index is 13.4. The van der Waals surface area contributed by atoms with Crippen molar-refractivity contribution < 1.29 is 9.53 Å². The van der Waals surface area contributed by atoms with Crippen LogP contribution < -0.4 is 10.2 Å². The summed E-state index contributed by atoms with van der Waals surface area (Å²) in [4.78, 5) is 18.5. The summed E-state index contributed by atoms with van der Waals surface area (Å²) in [6.07, 6.45) is 8.33. The average molecular weight is 546 g/mol. The number of hydrogen-bond donors (Lipinski definition) is 2. The van der Waals surface area contributed by atoms with E-state index in [4.69, 9.17) is 4.74 Å². The SMILES string of the molecule is CCCN(CCC(C)C)c1ccc(-c2n[nH]c3ccc(C(=O)NCC4(N5CCOCC5)CCCCC4)cc23)cc1. The van der Waals surface area contributed by atoms with E-state index in [0.29, 0.717) is 18.0 Å². The van der Waals surface area contributed by atoms with E-state index in [0.717, 1.165) is 80.8 Å². The minimum atomic E-state index is -0.0111. The molecule has 3 aromatic rings. The Bertz CT molecular complexity index is 1240. The van der Waals surface area contributed by atoms with Crippen molar-refractivity contribution in [3.63, 3.8) is 0 Å². The van der Waals surface area contributed by atoms with Crippen molar-refractivity contribution in [3.05, 3.63) is 48.0 Å². The summed E-state index contributed by atoms with van der Waals surface area (Å²) >= 11 is 0. The maximum atomic E-state index is 13.4. The van der Waals surface area contributed by atoms with Gasteiger partial charge in [-0.2, -0.15) is 5.10 Å². The highest BCUT2D eigenvalue weighted by Gasteiger charge is 2.38. The average Bonchev–Trinajstić information content (AvgIpc) is 3.42. The summed E-state index contributed by atoms with van der Waals surface area (Å²) in [6.45, 7) is 13.1. The van der Waals surface area contributed by atoms with Crippen LogP contribution in [-0.4, -0.2) is 72.5 Å². The van der Waals surface area contributed by atoms with Crippen molar-refractivity contribution >= 4 is 22.5 Å². The highest BCUT2D eigenvalue weighted by molar-refractivity contribution is 6.01. The van der Waals surface area contributed by atoms with Gasteiger partial charge in [0.15, 0.2) is 0 Å². The number of aromatic amines is 1. The zero-order valence-electron chi connectivity index (χ0n) is 24.7. The van der Waals surface area contributed by atoms with Gasteiger partial charge in [0.05, 0.1) is 24.4 Å². The summed E-state index contributed by atoms with van der Waals surface area (Å²) in [6, 6.07) is 14.6. The number of morpholine rings is 1. The van der Waals surface area contributed by atoms with Gasteiger partial charge in [0.2, 0.25) is 0 Å². The molecule has 0 atom stereocenters. The maximum Gasteiger partial charge on any atom is 0.251 e. The molecular weight excluding hydrogens is 498 g/mol. The molecule has 216 valence electrons. The number of hydrogen-bond acceptors (Lipinski definition) is 5. The van der Waals surface area contributed by atoms with E-state index < -0.39 is 0 Å². The zero-order chi connectivity index (χ0) is 28.0. The second kappa shape index (κ2) is 13.2. The van der Waals surface area contributed by atoms with Crippen molar-refractivity contribution in [3.8, 4) is 11.3 Å². The molecule has 0 radical (unpaired) electrons. The van der Waals surface area contributed by atoms with Gasteiger partial charge in [-0.05, 0) is 61.9 Å². The van der Waals surface area contributed by atoms with Crippen molar-refractivity contribution in [1.29, 1.82) is 0 Å². The number of amides is 1. The molecule has 0 bridgehead atoms. The molecule has 0 unspecified atom stereocenters. The number of benzene rings is 2. The van der Waals surface area contributed by atoms with E-state index in [1.54, 1.807) is 0 Å². The van der Waals surface area contributed by atoms with Crippen LogP contribution in [0.1, 0.15) is 76.1 Å². The zero-order valence-corrected chi connectivity index (χ0v) is 24.7. The molecule has 1 amide bonds. The third-order valence-corrected chi connectivity index (χ3v) is 8.84. The van der Waals surface area contributed by atoms with Crippen LogP contribution in [0.25, 0.3) is 22.2 Å². The van der Waals surface area contributed by atoms with Crippen molar-refractivity contribution in [2.24, 2.45) is 5.92 Å².